The average Bonchev–Trinajstić information content (AvgIpc) is 2.77. The van der Waals surface area contributed by atoms with Crippen molar-refractivity contribution in [3.63, 3.8) is 0 Å². The highest BCUT2D eigenvalue weighted by Crippen LogP contribution is 2.26. The van der Waals surface area contributed by atoms with E-state index in [1.54, 1.807) is 15.2 Å². The topological polar surface area (TPSA) is 55.2 Å². The van der Waals surface area contributed by atoms with Crippen molar-refractivity contribution in [3.8, 4) is 0 Å². The van der Waals surface area contributed by atoms with E-state index < -0.39 is 10.0 Å². The van der Waals surface area contributed by atoms with E-state index in [4.69, 9.17) is 0 Å². The number of hydrogen-bond donors (Lipinski definition) is 0. The summed E-state index contributed by atoms with van der Waals surface area (Å²) in [6.07, 6.45) is 4.18. The number of rotatable bonds is 3. The van der Waals surface area contributed by atoms with Gasteiger partial charge in [-0.25, -0.2) is 8.42 Å². The number of piperidine rings is 1. The maximum atomic E-state index is 12.6. The highest BCUT2D eigenvalue weighted by molar-refractivity contribution is 7.89. The van der Waals surface area contributed by atoms with E-state index in [0.717, 1.165) is 6.42 Å². The predicted molar refractivity (Wildman–Crippen MR) is 74.3 cm³/mol. The van der Waals surface area contributed by atoms with Crippen LogP contribution in [-0.2, 0) is 10.0 Å². The van der Waals surface area contributed by atoms with Gasteiger partial charge < -0.3 is 0 Å². The van der Waals surface area contributed by atoms with Gasteiger partial charge in [0.15, 0.2) is 0 Å². The molecule has 0 radical (unpaired) electrons. The zero-order valence-electron chi connectivity index (χ0n) is 12.1. The molecule has 0 aromatic carbocycles. The molecule has 1 aliphatic rings. The van der Waals surface area contributed by atoms with E-state index in [-0.39, 0.29) is 6.04 Å². The molecule has 1 aromatic rings. The van der Waals surface area contributed by atoms with Gasteiger partial charge in [0.2, 0.25) is 10.0 Å². The molecule has 0 bridgehead atoms. The van der Waals surface area contributed by atoms with Crippen LogP contribution in [-0.4, -0.2) is 35.6 Å². The van der Waals surface area contributed by atoms with Crippen LogP contribution in [0.3, 0.4) is 0 Å². The summed E-state index contributed by atoms with van der Waals surface area (Å²) in [7, 11) is -3.39. The van der Waals surface area contributed by atoms with Gasteiger partial charge in [-0.05, 0) is 32.1 Å². The van der Waals surface area contributed by atoms with Gasteiger partial charge in [-0.15, -0.1) is 0 Å². The Morgan fingerprint density at radius 1 is 1.26 bits per heavy atom. The van der Waals surface area contributed by atoms with Crippen LogP contribution in [0.2, 0.25) is 0 Å². The lowest BCUT2D eigenvalue weighted by atomic mass is 9.94. The largest absolute Gasteiger partial charge is 0.269 e. The first kappa shape index (κ1) is 14.5. The molecular weight excluding hydrogens is 262 g/mol. The molecular formula is C13H23N3O2S. The van der Waals surface area contributed by atoms with Crippen molar-refractivity contribution in [2.24, 2.45) is 11.8 Å². The molecule has 108 valence electrons. The Balaban J connectivity index is 2.25. The van der Waals surface area contributed by atoms with Gasteiger partial charge in [0, 0.05) is 25.3 Å². The first-order valence-electron chi connectivity index (χ1n) is 6.85. The van der Waals surface area contributed by atoms with E-state index >= 15 is 0 Å². The predicted octanol–water partition coefficient (Wildman–Crippen LogP) is 2.13. The number of nitrogens with zero attached hydrogens (tertiary/aromatic N) is 3. The molecule has 6 heteroatoms. The molecule has 2 rings (SSSR count). The Morgan fingerprint density at radius 2 is 1.84 bits per heavy atom. The van der Waals surface area contributed by atoms with Crippen LogP contribution in [0.1, 0.15) is 40.2 Å². The average molecular weight is 285 g/mol. The second-order valence-electron chi connectivity index (χ2n) is 6.02. The maximum absolute atomic E-state index is 12.6. The van der Waals surface area contributed by atoms with E-state index in [2.05, 4.69) is 18.9 Å². The summed E-state index contributed by atoms with van der Waals surface area (Å²) in [5.41, 5.74) is 0. The lowest BCUT2D eigenvalue weighted by Crippen LogP contribution is -2.42. The van der Waals surface area contributed by atoms with Gasteiger partial charge in [-0.1, -0.05) is 13.8 Å². The van der Waals surface area contributed by atoms with Gasteiger partial charge in [0.05, 0.1) is 6.20 Å². The lowest BCUT2D eigenvalue weighted by Gasteiger charge is -2.33. The Kier molecular flexibility index (Phi) is 4.01. The minimum atomic E-state index is -3.39. The summed E-state index contributed by atoms with van der Waals surface area (Å²) in [5, 5.41) is 4.13. The first-order chi connectivity index (χ1) is 8.80. The van der Waals surface area contributed by atoms with Gasteiger partial charge in [0.1, 0.15) is 4.90 Å². The normalized spacial score (nSPS) is 25.9. The molecule has 0 amide bonds. The fourth-order valence-electron chi connectivity index (χ4n) is 2.69. The molecule has 0 unspecified atom stereocenters. The molecule has 19 heavy (non-hydrogen) atoms. The summed E-state index contributed by atoms with van der Waals surface area (Å²) in [6.45, 7) is 9.40. The maximum Gasteiger partial charge on any atom is 0.246 e. The Hall–Kier alpha value is -0.880. The fourth-order valence-corrected chi connectivity index (χ4v) is 4.31. The number of sulfonamides is 1. The van der Waals surface area contributed by atoms with Crippen molar-refractivity contribution >= 4 is 10.0 Å². The first-order valence-corrected chi connectivity index (χ1v) is 8.29. The Bertz CT molecular complexity index is 526. The van der Waals surface area contributed by atoms with Crippen molar-refractivity contribution in [2.45, 2.75) is 45.1 Å². The Morgan fingerprint density at radius 3 is 2.32 bits per heavy atom. The second-order valence-corrected chi connectivity index (χ2v) is 7.96. The minimum absolute atomic E-state index is 0.170. The third-order valence-corrected chi connectivity index (χ3v) is 5.36. The van der Waals surface area contributed by atoms with E-state index in [9.17, 15) is 8.42 Å². The summed E-state index contributed by atoms with van der Waals surface area (Å²) < 4.78 is 28.5. The molecule has 2 heterocycles. The summed E-state index contributed by atoms with van der Waals surface area (Å²) in [5.74, 6) is 0.831. The van der Waals surface area contributed by atoms with Crippen molar-refractivity contribution in [1.29, 1.82) is 0 Å². The summed E-state index contributed by atoms with van der Waals surface area (Å²) in [4.78, 5) is 0.308. The van der Waals surface area contributed by atoms with E-state index in [1.807, 2.05) is 13.8 Å². The fraction of sp³-hybridized carbons (Fsp3) is 0.769. The van der Waals surface area contributed by atoms with Crippen LogP contribution in [0.15, 0.2) is 17.3 Å². The van der Waals surface area contributed by atoms with Crippen LogP contribution < -0.4 is 0 Å². The molecule has 0 N–H and O–H groups in total. The molecule has 1 fully saturated rings. The van der Waals surface area contributed by atoms with Crippen LogP contribution in [0.5, 0.6) is 0 Å². The van der Waals surface area contributed by atoms with Crippen molar-refractivity contribution in [1.82, 2.24) is 14.1 Å². The smallest absolute Gasteiger partial charge is 0.246 e. The van der Waals surface area contributed by atoms with E-state index in [0.29, 0.717) is 29.8 Å². The zero-order valence-corrected chi connectivity index (χ0v) is 12.9. The van der Waals surface area contributed by atoms with Crippen LogP contribution in [0.25, 0.3) is 0 Å². The van der Waals surface area contributed by atoms with Crippen molar-refractivity contribution < 1.29 is 8.42 Å². The quantitative estimate of drug-likeness (QED) is 0.855. The monoisotopic (exact) mass is 285 g/mol. The van der Waals surface area contributed by atoms with E-state index in [1.165, 1.54) is 6.20 Å². The minimum Gasteiger partial charge on any atom is -0.269 e. The van der Waals surface area contributed by atoms with Crippen molar-refractivity contribution in [3.05, 3.63) is 12.4 Å². The second kappa shape index (κ2) is 5.25. The third kappa shape index (κ3) is 3.00. The summed E-state index contributed by atoms with van der Waals surface area (Å²) >= 11 is 0. The van der Waals surface area contributed by atoms with Gasteiger partial charge in [0.25, 0.3) is 0 Å². The molecule has 0 aliphatic carbocycles. The van der Waals surface area contributed by atoms with Gasteiger partial charge in [-0.3, -0.25) is 4.68 Å². The molecule has 1 saturated heterocycles. The molecule has 0 saturated carbocycles. The molecule has 1 aliphatic heterocycles. The van der Waals surface area contributed by atoms with Crippen molar-refractivity contribution in [2.75, 3.05) is 13.1 Å². The molecule has 5 nitrogen and oxygen atoms in total. The van der Waals surface area contributed by atoms with Crippen LogP contribution in [0, 0.1) is 11.8 Å². The van der Waals surface area contributed by atoms with Gasteiger partial charge >= 0.3 is 0 Å². The highest BCUT2D eigenvalue weighted by Gasteiger charge is 2.32. The highest BCUT2D eigenvalue weighted by atomic mass is 32.2. The van der Waals surface area contributed by atoms with Gasteiger partial charge in [-0.2, -0.15) is 9.40 Å². The zero-order chi connectivity index (χ0) is 14.2. The standard InChI is InChI=1S/C13H23N3O2S/c1-10(2)16-9-13(6-14-16)19(17,18)15-7-11(3)5-12(4)8-15/h6,9-12H,5,7-8H2,1-4H3/t11-,12-/m1/s1. The lowest BCUT2D eigenvalue weighted by molar-refractivity contribution is 0.222. The molecule has 0 spiro atoms. The molecule has 1 aromatic heterocycles. The Labute approximate surface area is 115 Å². The SMILES string of the molecule is CC(C)n1cc(S(=O)(=O)N2C[C@H](C)C[C@@H](C)C2)cn1. The number of aromatic nitrogens is 2. The number of hydrogen-bond acceptors (Lipinski definition) is 3. The van der Waals surface area contributed by atoms with Crippen LogP contribution in [0.4, 0.5) is 0 Å². The van der Waals surface area contributed by atoms with Crippen LogP contribution >= 0.6 is 0 Å². The molecule has 2 atom stereocenters. The summed E-state index contributed by atoms with van der Waals surface area (Å²) in [6, 6.07) is 0.170. The third-order valence-electron chi connectivity index (χ3n) is 3.58.